The third kappa shape index (κ3) is 1.87. The highest BCUT2D eigenvalue weighted by Crippen LogP contribution is 2.23. The van der Waals surface area contributed by atoms with Crippen molar-refractivity contribution in [2.24, 2.45) is 0 Å². The average Bonchev–Trinajstić information content (AvgIpc) is 2.51. The maximum atomic E-state index is 12.0. The summed E-state index contributed by atoms with van der Waals surface area (Å²) in [6, 6.07) is 3.19. The van der Waals surface area contributed by atoms with E-state index in [9.17, 15) is 9.59 Å². The molecule has 0 spiro atoms. The van der Waals surface area contributed by atoms with E-state index in [-0.39, 0.29) is 28.6 Å². The zero-order valence-electron chi connectivity index (χ0n) is 10.5. The van der Waals surface area contributed by atoms with Crippen LogP contribution in [0.25, 0.3) is 11.4 Å². The zero-order valence-corrected chi connectivity index (χ0v) is 10.5. The summed E-state index contributed by atoms with van der Waals surface area (Å²) in [5.41, 5.74) is 1.38. The van der Waals surface area contributed by atoms with Crippen molar-refractivity contribution in [1.29, 1.82) is 0 Å². The lowest BCUT2D eigenvalue weighted by molar-refractivity contribution is 0.0914. The summed E-state index contributed by atoms with van der Waals surface area (Å²) < 4.78 is 4.89. The number of Topliss-reactive ketones (excluding diaryl/α,β-unsaturated/α-hetero) is 1. The highest BCUT2D eigenvalue weighted by atomic mass is 16.5. The number of methoxy groups -OCH3 is 1. The first-order valence-electron chi connectivity index (χ1n) is 5.83. The van der Waals surface area contributed by atoms with Crippen molar-refractivity contribution in [2.75, 3.05) is 7.11 Å². The second-order valence-electron chi connectivity index (χ2n) is 4.09. The van der Waals surface area contributed by atoms with Gasteiger partial charge in [-0.1, -0.05) is 0 Å². The third-order valence-electron chi connectivity index (χ3n) is 2.90. The minimum atomic E-state index is -0.359. The van der Waals surface area contributed by atoms with Crippen LogP contribution in [-0.2, 0) is 4.74 Å². The van der Waals surface area contributed by atoms with E-state index in [2.05, 4.69) is 15.0 Å². The summed E-state index contributed by atoms with van der Waals surface area (Å²) in [5, 5.41) is 0. The fourth-order valence-corrected chi connectivity index (χ4v) is 1.94. The van der Waals surface area contributed by atoms with Gasteiger partial charge in [-0.2, -0.15) is 0 Å². The first-order chi connectivity index (χ1) is 9.70. The van der Waals surface area contributed by atoms with Crippen LogP contribution in [0.15, 0.2) is 42.6 Å². The minimum absolute atomic E-state index is 0.0246. The summed E-state index contributed by atoms with van der Waals surface area (Å²) in [5.74, 6) is -0.681. The Balaban J connectivity index is 2.12. The normalized spacial score (nSPS) is 13.8. The van der Waals surface area contributed by atoms with Crippen molar-refractivity contribution in [3.8, 4) is 11.4 Å². The summed E-state index contributed by atoms with van der Waals surface area (Å²) in [4.78, 5) is 36.3. The van der Waals surface area contributed by atoms with E-state index < -0.39 is 0 Å². The van der Waals surface area contributed by atoms with Crippen LogP contribution in [0.1, 0.15) is 20.8 Å². The molecule has 0 fully saturated rings. The number of aromatic nitrogens is 3. The van der Waals surface area contributed by atoms with Crippen LogP contribution in [0, 0.1) is 0 Å². The fraction of sp³-hybridized carbons (Fsp3) is 0.0714. The van der Waals surface area contributed by atoms with E-state index in [1.807, 2.05) is 0 Å². The van der Waals surface area contributed by atoms with Gasteiger partial charge in [0.1, 0.15) is 11.4 Å². The van der Waals surface area contributed by atoms with Crippen molar-refractivity contribution in [1.82, 2.24) is 15.0 Å². The van der Waals surface area contributed by atoms with Crippen molar-refractivity contribution in [2.45, 2.75) is 0 Å². The molecule has 0 saturated carbocycles. The second-order valence-corrected chi connectivity index (χ2v) is 4.09. The fourth-order valence-electron chi connectivity index (χ4n) is 1.94. The predicted octanol–water partition coefficient (Wildman–Crippen LogP) is 1.45. The van der Waals surface area contributed by atoms with E-state index in [1.165, 1.54) is 13.3 Å². The molecule has 2 aromatic rings. The zero-order chi connectivity index (χ0) is 14.1. The molecule has 1 aliphatic rings. The highest BCUT2D eigenvalue weighted by molar-refractivity contribution is 6.23. The number of carbonyl (C=O) groups excluding carboxylic acids is 2. The SMILES string of the molecule is COC1=CC(=O)c2nc(-c3cnccn3)ccc2C1=O. The number of ketones is 2. The second kappa shape index (κ2) is 4.65. The number of hydrogen-bond acceptors (Lipinski definition) is 6. The van der Waals surface area contributed by atoms with Gasteiger partial charge in [0.2, 0.25) is 11.6 Å². The minimum Gasteiger partial charge on any atom is -0.492 e. The molecule has 0 amide bonds. The lowest BCUT2D eigenvalue weighted by Gasteiger charge is -2.13. The lowest BCUT2D eigenvalue weighted by Crippen LogP contribution is -2.19. The Morgan fingerprint density at radius 1 is 1.10 bits per heavy atom. The molecule has 2 heterocycles. The van der Waals surface area contributed by atoms with E-state index in [0.717, 1.165) is 6.08 Å². The first-order valence-corrected chi connectivity index (χ1v) is 5.83. The summed E-state index contributed by atoms with van der Waals surface area (Å²) in [7, 11) is 1.35. The van der Waals surface area contributed by atoms with Crippen molar-refractivity contribution < 1.29 is 14.3 Å². The largest absolute Gasteiger partial charge is 0.492 e. The number of carbonyl (C=O) groups is 2. The number of ether oxygens (including phenoxy) is 1. The molecule has 0 aromatic carbocycles. The van der Waals surface area contributed by atoms with Gasteiger partial charge >= 0.3 is 0 Å². The number of hydrogen-bond donors (Lipinski definition) is 0. The Labute approximate surface area is 114 Å². The van der Waals surface area contributed by atoms with Gasteiger partial charge in [-0.15, -0.1) is 0 Å². The van der Waals surface area contributed by atoms with Crippen LogP contribution in [0.5, 0.6) is 0 Å². The maximum absolute atomic E-state index is 12.0. The molecular weight excluding hydrogens is 258 g/mol. The van der Waals surface area contributed by atoms with Crippen molar-refractivity contribution in [3.63, 3.8) is 0 Å². The predicted molar refractivity (Wildman–Crippen MR) is 69.0 cm³/mol. The van der Waals surface area contributed by atoms with Gasteiger partial charge in [-0.05, 0) is 12.1 Å². The molecule has 20 heavy (non-hydrogen) atoms. The van der Waals surface area contributed by atoms with Crippen LogP contribution in [-0.4, -0.2) is 33.6 Å². The topological polar surface area (TPSA) is 82.0 Å². The van der Waals surface area contributed by atoms with Gasteiger partial charge in [-0.25, -0.2) is 4.98 Å². The number of fused-ring (bicyclic) bond motifs is 1. The Morgan fingerprint density at radius 2 is 1.95 bits per heavy atom. The van der Waals surface area contributed by atoms with Crippen molar-refractivity contribution >= 4 is 11.6 Å². The van der Waals surface area contributed by atoms with E-state index in [0.29, 0.717) is 11.4 Å². The van der Waals surface area contributed by atoms with E-state index in [4.69, 9.17) is 4.74 Å². The van der Waals surface area contributed by atoms with Crippen LogP contribution in [0.2, 0.25) is 0 Å². The molecule has 3 rings (SSSR count). The summed E-state index contributed by atoms with van der Waals surface area (Å²) in [6.45, 7) is 0. The Kier molecular flexibility index (Phi) is 2.83. The van der Waals surface area contributed by atoms with Gasteiger partial charge in [0.05, 0.1) is 24.6 Å². The smallest absolute Gasteiger partial charge is 0.229 e. The number of pyridine rings is 1. The van der Waals surface area contributed by atoms with Gasteiger partial charge in [0.25, 0.3) is 0 Å². The standard InChI is InChI=1S/C14H9N3O3/c1-20-12-6-11(18)13-8(14(12)19)2-3-9(17-13)10-7-15-4-5-16-10/h2-7H,1H3. The molecular formula is C14H9N3O3. The summed E-state index contributed by atoms with van der Waals surface area (Å²) in [6.07, 6.45) is 5.77. The third-order valence-corrected chi connectivity index (χ3v) is 2.90. The lowest BCUT2D eigenvalue weighted by atomic mass is 9.97. The average molecular weight is 267 g/mol. The van der Waals surface area contributed by atoms with E-state index in [1.54, 1.807) is 24.5 Å². The molecule has 0 radical (unpaired) electrons. The van der Waals surface area contributed by atoms with Gasteiger partial charge in [-0.3, -0.25) is 19.6 Å². The highest BCUT2D eigenvalue weighted by Gasteiger charge is 2.28. The molecule has 6 nitrogen and oxygen atoms in total. The first kappa shape index (κ1) is 12.2. The molecule has 0 N–H and O–H groups in total. The molecule has 0 aliphatic heterocycles. The van der Waals surface area contributed by atoms with Crippen molar-refractivity contribution in [3.05, 3.63) is 53.8 Å². The van der Waals surface area contributed by atoms with Crippen LogP contribution in [0.3, 0.4) is 0 Å². The molecule has 98 valence electrons. The van der Waals surface area contributed by atoms with E-state index >= 15 is 0 Å². The summed E-state index contributed by atoms with van der Waals surface area (Å²) >= 11 is 0. The Hall–Kier alpha value is -2.89. The molecule has 0 saturated heterocycles. The monoisotopic (exact) mass is 267 g/mol. The molecule has 0 bridgehead atoms. The van der Waals surface area contributed by atoms with Crippen LogP contribution >= 0.6 is 0 Å². The Bertz CT molecular complexity index is 739. The van der Waals surface area contributed by atoms with Gasteiger partial charge in [0.15, 0.2) is 5.76 Å². The van der Waals surface area contributed by atoms with Gasteiger partial charge < -0.3 is 4.74 Å². The van der Waals surface area contributed by atoms with Gasteiger partial charge in [0, 0.05) is 18.5 Å². The maximum Gasteiger partial charge on any atom is 0.229 e. The number of rotatable bonds is 2. The number of allylic oxidation sites excluding steroid dienone is 2. The Morgan fingerprint density at radius 3 is 2.65 bits per heavy atom. The quantitative estimate of drug-likeness (QED) is 0.819. The van der Waals surface area contributed by atoms with Crippen LogP contribution < -0.4 is 0 Å². The molecule has 6 heteroatoms. The molecule has 2 aromatic heterocycles. The molecule has 0 atom stereocenters. The molecule has 1 aliphatic carbocycles. The van der Waals surface area contributed by atoms with Crippen LogP contribution in [0.4, 0.5) is 0 Å². The number of nitrogens with zero attached hydrogens (tertiary/aromatic N) is 3. The molecule has 0 unspecified atom stereocenters.